The quantitative estimate of drug-likeness (QED) is 0.871. The molecule has 1 aliphatic heterocycles. The van der Waals surface area contributed by atoms with Crippen molar-refractivity contribution in [2.45, 2.75) is 32.6 Å². The first-order valence-corrected chi connectivity index (χ1v) is 6.97. The van der Waals surface area contributed by atoms with Crippen molar-refractivity contribution in [1.82, 2.24) is 10.1 Å². The van der Waals surface area contributed by atoms with Crippen LogP contribution in [-0.4, -0.2) is 22.6 Å². The number of benzene rings is 1. The Morgan fingerprint density at radius 1 is 1.48 bits per heavy atom. The van der Waals surface area contributed by atoms with Crippen LogP contribution < -0.4 is 4.90 Å². The number of rotatable bonds is 3. The van der Waals surface area contributed by atoms with Crippen LogP contribution in [0.2, 0.25) is 0 Å². The Balaban J connectivity index is 1.84. The van der Waals surface area contributed by atoms with E-state index in [0.717, 1.165) is 11.3 Å². The molecule has 2 aromatic rings. The molecule has 1 aliphatic rings. The molecule has 1 unspecified atom stereocenters. The molecule has 1 fully saturated rings. The van der Waals surface area contributed by atoms with Crippen molar-refractivity contribution in [3.8, 4) is 0 Å². The summed E-state index contributed by atoms with van der Waals surface area (Å²) in [6.45, 7) is 4.22. The fourth-order valence-electron chi connectivity index (χ4n) is 2.60. The first kappa shape index (κ1) is 13.7. The molecule has 0 spiro atoms. The Labute approximate surface area is 121 Å². The molecule has 21 heavy (non-hydrogen) atoms. The van der Waals surface area contributed by atoms with Gasteiger partial charge in [0.1, 0.15) is 5.82 Å². The number of nitrogens with zero attached hydrogens (tertiary/aromatic N) is 3. The van der Waals surface area contributed by atoms with E-state index < -0.39 is 0 Å². The molecule has 2 heterocycles. The predicted octanol–water partition coefficient (Wildman–Crippen LogP) is 2.60. The summed E-state index contributed by atoms with van der Waals surface area (Å²) >= 11 is 0. The maximum Gasteiger partial charge on any atom is 0.232 e. The van der Waals surface area contributed by atoms with Crippen LogP contribution in [0.15, 0.2) is 22.7 Å². The molecule has 5 nitrogen and oxygen atoms in total. The number of aryl methyl sites for hydroxylation is 2. The summed E-state index contributed by atoms with van der Waals surface area (Å²) in [5.74, 6) is 0.737. The van der Waals surface area contributed by atoms with Crippen LogP contribution in [0, 0.1) is 12.7 Å². The van der Waals surface area contributed by atoms with Crippen molar-refractivity contribution in [2.75, 3.05) is 11.4 Å². The molecule has 6 heteroatoms. The second kappa shape index (κ2) is 5.27. The molecule has 3 rings (SSSR count). The van der Waals surface area contributed by atoms with Crippen LogP contribution in [0.4, 0.5) is 10.1 Å². The Hall–Kier alpha value is -2.24. The number of hydrogen-bond acceptors (Lipinski definition) is 4. The highest BCUT2D eigenvalue weighted by atomic mass is 19.1. The third-order valence-electron chi connectivity index (χ3n) is 3.72. The van der Waals surface area contributed by atoms with Crippen molar-refractivity contribution >= 4 is 11.6 Å². The highest BCUT2D eigenvalue weighted by Crippen LogP contribution is 2.32. The van der Waals surface area contributed by atoms with Gasteiger partial charge in [-0.05, 0) is 30.7 Å². The minimum atomic E-state index is -0.302. The summed E-state index contributed by atoms with van der Waals surface area (Å²) < 4.78 is 18.4. The van der Waals surface area contributed by atoms with Crippen LogP contribution in [0.25, 0.3) is 0 Å². The highest BCUT2D eigenvalue weighted by Gasteiger charge is 2.35. The number of carbonyl (C=O) groups excluding carboxylic acids is 1. The van der Waals surface area contributed by atoms with Gasteiger partial charge in [-0.1, -0.05) is 12.1 Å². The summed E-state index contributed by atoms with van der Waals surface area (Å²) in [4.78, 5) is 18.2. The number of hydrogen-bond donors (Lipinski definition) is 0. The smallest absolute Gasteiger partial charge is 0.232 e. The van der Waals surface area contributed by atoms with E-state index >= 15 is 0 Å². The van der Waals surface area contributed by atoms with E-state index in [4.69, 9.17) is 4.52 Å². The molecule has 1 amide bonds. The average Bonchev–Trinajstić information content (AvgIpc) is 3.05. The fourth-order valence-corrected chi connectivity index (χ4v) is 2.60. The standard InChI is InChI=1S/C15H16FN3O2/c1-3-13-17-15(21-18-13)10-7-14(20)19(8-10)12-5-4-11(16)6-9(12)2/h4-6,10H,3,7-8H2,1-2H3. The lowest BCUT2D eigenvalue weighted by Crippen LogP contribution is -2.25. The zero-order valence-electron chi connectivity index (χ0n) is 12.0. The molecule has 1 saturated heterocycles. The SMILES string of the molecule is CCc1noc(C2CC(=O)N(c3ccc(F)cc3C)C2)n1. The molecule has 0 bridgehead atoms. The molecular weight excluding hydrogens is 273 g/mol. The number of carbonyl (C=O) groups is 1. The molecule has 110 valence electrons. The lowest BCUT2D eigenvalue weighted by Gasteiger charge is -2.18. The van der Waals surface area contributed by atoms with Crippen molar-refractivity contribution in [3.63, 3.8) is 0 Å². The van der Waals surface area contributed by atoms with Crippen molar-refractivity contribution in [3.05, 3.63) is 41.3 Å². The Bertz CT molecular complexity index is 683. The van der Waals surface area contributed by atoms with E-state index in [2.05, 4.69) is 10.1 Å². The van der Waals surface area contributed by atoms with E-state index in [0.29, 0.717) is 31.1 Å². The maximum absolute atomic E-state index is 13.2. The van der Waals surface area contributed by atoms with E-state index in [9.17, 15) is 9.18 Å². The topological polar surface area (TPSA) is 59.2 Å². The Kier molecular flexibility index (Phi) is 3.45. The zero-order valence-corrected chi connectivity index (χ0v) is 12.0. The van der Waals surface area contributed by atoms with E-state index in [1.165, 1.54) is 12.1 Å². The second-order valence-electron chi connectivity index (χ2n) is 5.24. The second-order valence-corrected chi connectivity index (χ2v) is 5.24. The van der Waals surface area contributed by atoms with Gasteiger partial charge in [0.05, 0.1) is 5.92 Å². The number of aromatic nitrogens is 2. The van der Waals surface area contributed by atoms with E-state index in [1.807, 2.05) is 6.92 Å². The van der Waals surface area contributed by atoms with Crippen LogP contribution in [0.5, 0.6) is 0 Å². The van der Waals surface area contributed by atoms with Gasteiger partial charge in [-0.3, -0.25) is 4.79 Å². The normalized spacial score (nSPS) is 18.5. The van der Waals surface area contributed by atoms with Crippen LogP contribution >= 0.6 is 0 Å². The first-order chi connectivity index (χ1) is 10.1. The van der Waals surface area contributed by atoms with Gasteiger partial charge in [0.15, 0.2) is 5.82 Å². The number of amides is 1. The van der Waals surface area contributed by atoms with Gasteiger partial charge in [-0.2, -0.15) is 4.98 Å². The van der Waals surface area contributed by atoms with Crippen molar-refractivity contribution < 1.29 is 13.7 Å². The van der Waals surface area contributed by atoms with Gasteiger partial charge < -0.3 is 9.42 Å². The zero-order chi connectivity index (χ0) is 15.0. The molecule has 0 N–H and O–H groups in total. The maximum atomic E-state index is 13.2. The third-order valence-corrected chi connectivity index (χ3v) is 3.72. The largest absolute Gasteiger partial charge is 0.339 e. The predicted molar refractivity (Wildman–Crippen MR) is 74.5 cm³/mol. The summed E-state index contributed by atoms with van der Waals surface area (Å²) in [7, 11) is 0. The van der Waals surface area contributed by atoms with Crippen molar-refractivity contribution in [2.24, 2.45) is 0 Å². The van der Waals surface area contributed by atoms with Gasteiger partial charge >= 0.3 is 0 Å². The molecule has 0 saturated carbocycles. The average molecular weight is 289 g/mol. The van der Waals surface area contributed by atoms with Crippen molar-refractivity contribution in [1.29, 1.82) is 0 Å². The fraction of sp³-hybridized carbons (Fsp3) is 0.400. The van der Waals surface area contributed by atoms with Gasteiger partial charge in [-0.15, -0.1) is 0 Å². The molecule has 0 aliphatic carbocycles. The lowest BCUT2D eigenvalue weighted by molar-refractivity contribution is -0.117. The van der Waals surface area contributed by atoms with E-state index in [1.54, 1.807) is 17.9 Å². The lowest BCUT2D eigenvalue weighted by atomic mass is 10.1. The Morgan fingerprint density at radius 3 is 2.95 bits per heavy atom. The van der Waals surface area contributed by atoms with Crippen LogP contribution in [0.1, 0.15) is 36.5 Å². The molecule has 1 aromatic carbocycles. The minimum Gasteiger partial charge on any atom is -0.339 e. The number of halogens is 1. The van der Waals surface area contributed by atoms with Crippen LogP contribution in [0.3, 0.4) is 0 Å². The molecule has 1 aromatic heterocycles. The van der Waals surface area contributed by atoms with Crippen LogP contribution in [-0.2, 0) is 11.2 Å². The third kappa shape index (κ3) is 2.53. The summed E-state index contributed by atoms with van der Waals surface area (Å²) in [5, 5.41) is 3.87. The summed E-state index contributed by atoms with van der Waals surface area (Å²) in [6.07, 6.45) is 1.03. The molecular formula is C15H16FN3O2. The van der Waals surface area contributed by atoms with Gasteiger partial charge in [0.2, 0.25) is 11.8 Å². The van der Waals surface area contributed by atoms with Gasteiger partial charge in [0.25, 0.3) is 0 Å². The van der Waals surface area contributed by atoms with E-state index in [-0.39, 0.29) is 17.6 Å². The first-order valence-electron chi connectivity index (χ1n) is 6.97. The molecule has 1 atom stereocenters. The molecule has 0 radical (unpaired) electrons. The number of anilines is 1. The summed E-state index contributed by atoms with van der Waals surface area (Å²) in [6, 6.07) is 4.43. The van der Waals surface area contributed by atoms with Gasteiger partial charge in [-0.25, -0.2) is 4.39 Å². The van der Waals surface area contributed by atoms with Gasteiger partial charge in [0, 0.05) is 25.1 Å². The highest BCUT2D eigenvalue weighted by molar-refractivity contribution is 5.97. The summed E-state index contributed by atoms with van der Waals surface area (Å²) in [5.41, 5.74) is 1.47. The monoisotopic (exact) mass is 289 g/mol. The Morgan fingerprint density at radius 2 is 2.29 bits per heavy atom. The minimum absolute atomic E-state index is 0.00837.